The first-order chi connectivity index (χ1) is 13.7. The van der Waals surface area contributed by atoms with Crippen molar-refractivity contribution >= 4 is 5.91 Å². The second kappa shape index (κ2) is 8.37. The van der Waals surface area contributed by atoms with E-state index in [1.165, 1.54) is 0 Å². The lowest BCUT2D eigenvalue weighted by Gasteiger charge is -2.18. The molecule has 4 rings (SSSR count). The number of nitrogens with one attached hydrogen (secondary N) is 1. The van der Waals surface area contributed by atoms with E-state index < -0.39 is 0 Å². The number of hydrogen-bond donors (Lipinski definition) is 2. The number of benzene rings is 1. The first-order valence-electron chi connectivity index (χ1n) is 9.38. The van der Waals surface area contributed by atoms with Crippen LogP contribution in [0.1, 0.15) is 33.5 Å². The van der Waals surface area contributed by atoms with Crippen molar-refractivity contribution in [1.82, 2.24) is 25.0 Å². The largest absolute Gasteiger partial charge is 0.462 e. The van der Waals surface area contributed by atoms with Crippen molar-refractivity contribution < 1.29 is 14.3 Å². The summed E-state index contributed by atoms with van der Waals surface area (Å²) in [6.07, 6.45) is 0.785. The molecule has 0 bridgehead atoms. The molecule has 1 aliphatic rings. The molecule has 8 heteroatoms. The quantitative estimate of drug-likeness (QED) is 0.669. The molecule has 2 N–H and O–H groups in total. The number of rotatable bonds is 6. The zero-order chi connectivity index (χ0) is 19.3. The summed E-state index contributed by atoms with van der Waals surface area (Å²) in [5, 5.41) is 20.6. The smallest absolute Gasteiger partial charge is 0.251 e. The average Bonchev–Trinajstić information content (AvgIpc) is 3.30. The number of aliphatic hydroxyl groups excluding tert-OH is 1. The van der Waals surface area contributed by atoms with Gasteiger partial charge in [-0.15, -0.1) is 10.2 Å². The topological polar surface area (TPSA) is 96.4 Å². The molecule has 0 unspecified atom stereocenters. The Labute approximate surface area is 162 Å². The summed E-state index contributed by atoms with van der Waals surface area (Å²) < 4.78 is 7.68. The summed E-state index contributed by atoms with van der Waals surface area (Å²) >= 11 is 0. The van der Waals surface area contributed by atoms with Crippen LogP contribution in [-0.4, -0.2) is 43.8 Å². The predicted octanol–water partition coefficient (Wildman–Crippen LogP) is 1.35. The lowest BCUT2D eigenvalue weighted by atomic mass is 10.2. The van der Waals surface area contributed by atoms with Crippen LogP contribution in [0.15, 0.2) is 46.9 Å². The number of nitrogens with zero attached hydrogens (tertiary/aromatic N) is 4. The molecular weight excluding hydrogens is 358 g/mol. The molecular formula is C20H23N5O3. The Balaban J connectivity index is 1.36. The van der Waals surface area contributed by atoms with Gasteiger partial charge in [-0.3, -0.25) is 9.69 Å². The van der Waals surface area contributed by atoms with Gasteiger partial charge in [0.1, 0.15) is 24.0 Å². The fourth-order valence-corrected chi connectivity index (χ4v) is 3.38. The Kier molecular flexibility index (Phi) is 5.50. The van der Waals surface area contributed by atoms with Gasteiger partial charge in [-0.25, -0.2) is 0 Å². The molecule has 0 saturated carbocycles. The van der Waals surface area contributed by atoms with Crippen LogP contribution in [0.3, 0.4) is 0 Å². The molecule has 146 valence electrons. The second-order valence-electron chi connectivity index (χ2n) is 6.79. The van der Waals surface area contributed by atoms with E-state index in [0.29, 0.717) is 24.4 Å². The molecule has 0 saturated heterocycles. The lowest BCUT2D eigenvalue weighted by Crippen LogP contribution is -2.27. The molecule has 8 nitrogen and oxygen atoms in total. The van der Waals surface area contributed by atoms with Crippen molar-refractivity contribution in [1.29, 1.82) is 0 Å². The Morgan fingerprint density at radius 2 is 1.89 bits per heavy atom. The van der Waals surface area contributed by atoms with Gasteiger partial charge < -0.3 is 19.4 Å². The van der Waals surface area contributed by atoms with Gasteiger partial charge in [-0.1, -0.05) is 18.2 Å². The van der Waals surface area contributed by atoms with Gasteiger partial charge in [0.05, 0.1) is 13.1 Å². The Morgan fingerprint density at radius 1 is 1.07 bits per heavy atom. The maximum absolute atomic E-state index is 12.3. The molecule has 0 atom stereocenters. The van der Waals surface area contributed by atoms with E-state index in [1.54, 1.807) is 18.2 Å². The normalized spacial score (nSPS) is 14.5. The third-order valence-corrected chi connectivity index (χ3v) is 4.89. The minimum absolute atomic E-state index is 0.0842. The van der Waals surface area contributed by atoms with Crippen LogP contribution in [0.5, 0.6) is 0 Å². The summed E-state index contributed by atoms with van der Waals surface area (Å²) in [5.41, 5.74) is 0.630. The molecule has 0 fully saturated rings. The monoisotopic (exact) mass is 381 g/mol. The fourth-order valence-electron chi connectivity index (χ4n) is 3.38. The number of aromatic nitrogens is 3. The number of furan rings is 1. The van der Waals surface area contributed by atoms with E-state index in [9.17, 15) is 4.79 Å². The van der Waals surface area contributed by atoms with E-state index >= 15 is 0 Å². The predicted molar refractivity (Wildman–Crippen MR) is 101 cm³/mol. The zero-order valence-electron chi connectivity index (χ0n) is 15.5. The zero-order valence-corrected chi connectivity index (χ0v) is 15.5. The molecule has 3 heterocycles. The van der Waals surface area contributed by atoms with E-state index in [0.717, 1.165) is 43.5 Å². The van der Waals surface area contributed by atoms with Gasteiger partial charge in [-0.05, 0) is 24.3 Å². The standard InChI is InChI=1S/C20H23N5O3/c26-14-17-7-6-16(28-17)13-24-9-8-18-22-23-19(25(18)11-10-24)12-21-20(27)15-4-2-1-3-5-15/h1-7,26H,8-14H2,(H,21,27). The van der Waals surface area contributed by atoms with Gasteiger partial charge in [0.2, 0.25) is 0 Å². The maximum Gasteiger partial charge on any atom is 0.251 e. The van der Waals surface area contributed by atoms with Crippen LogP contribution in [0, 0.1) is 0 Å². The highest BCUT2D eigenvalue weighted by Crippen LogP contribution is 2.15. The molecule has 0 spiro atoms. The van der Waals surface area contributed by atoms with Crippen LogP contribution >= 0.6 is 0 Å². The summed E-state index contributed by atoms with van der Waals surface area (Å²) in [5.74, 6) is 3.00. The molecule has 0 aliphatic carbocycles. The van der Waals surface area contributed by atoms with E-state index in [1.807, 2.05) is 24.3 Å². The van der Waals surface area contributed by atoms with Gasteiger partial charge in [0.15, 0.2) is 5.82 Å². The highest BCUT2D eigenvalue weighted by molar-refractivity contribution is 5.93. The molecule has 1 amide bonds. The van der Waals surface area contributed by atoms with Crippen LogP contribution in [0.2, 0.25) is 0 Å². The van der Waals surface area contributed by atoms with Crippen LogP contribution in [-0.2, 0) is 32.7 Å². The number of fused-ring (bicyclic) bond motifs is 1. The average molecular weight is 381 g/mol. The fraction of sp³-hybridized carbons (Fsp3) is 0.350. The van der Waals surface area contributed by atoms with Gasteiger partial charge in [-0.2, -0.15) is 0 Å². The summed E-state index contributed by atoms with van der Waals surface area (Å²) in [6.45, 7) is 3.39. The van der Waals surface area contributed by atoms with Crippen molar-refractivity contribution in [3.63, 3.8) is 0 Å². The number of carbonyl (C=O) groups excluding carboxylic acids is 1. The van der Waals surface area contributed by atoms with Crippen molar-refractivity contribution in [2.24, 2.45) is 0 Å². The summed E-state index contributed by atoms with van der Waals surface area (Å²) in [6, 6.07) is 12.8. The minimum atomic E-state index is -0.120. The van der Waals surface area contributed by atoms with E-state index in [2.05, 4.69) is 25.0 Å². The van der Waals surface area contributed by atoms with Gasteiger partial charge in [0.25, 0.3) is 5.91 Å². The highest BCUT2D eigenvalue weighted by atomic mass is 16.4. The van der Waals surface area contributed by atoms with Gasteiger partial charge >= 0.3 is 0 Å². The van der Waals surface area contributed by atoms with Crippen LogP contribution in [0.4, 0.5) is 0 Å². The molecule has 1 aliphatic heterocycles. The minimum Gasteiger partial charge on any atom is -0.462 e. The van der Waals surface area contributed by atoms with Crippen LogP contribution < -0.4 is 5.32 Å². The third kappa shape index (κ3) is 4.13. The third-order valence-electron chi connectivity index (χ3n) is 4.89. The second-order valence-corrected chi connectivity index (χ2v) is 6.79. The lowest BCUT2D eigenvalue weighted by molar-refractivity contribution is 0.0949. The maximum atomic E-state index is 12.3. The van der Waals surface area contributed by atoms with Crippen LogP contribution in [0.25, 0.3) is 0 Å². The summed E-state index contributed by atoms with van der Waals surface area (Å²) in [7, 11) is 0. The van der Waals surface area contributed by atoms with Gasteiger partial charge in [0, 0.05) is 31.6 Å². The number of aliphatic hydroxyl groups is 1. The van der Waals surface area contributed by atoms with E-state index in [4.69, 9.17) is 9.52 Å². The molecule has 28 heavy (non-hydrogen) atoms. The highest BCUT2D eigenvalue weighted by Gasteiger charge is 2.20. The van der Waals surface area contributed by atoms with Crippen molar-refractivity contribution in [2.75, 3.05) is 13.1 Å². The Hall–Kier alpha value is -2.97. The first-order valence-corrected chi connectivity index (χ1v) is 9.38. The number of amides is 1. The Morgan fingerprint density at radius 3 is 2.68 bits per heavy atom. The van der Waals surface area contributed by atoms with E-state index in [-0.39, 0.29) is 12.5 Å². The number of carbonyl (C=O) groups is 1. The first kappa shape index (κ1) is 18.4. The molecule has 0 radical (unpaired) electrons. The summed E-state index contributed by atoms with van der Waals surface area (Å²) in [4.78, 5) is 14.5. The number of hydrogen-bond acceptors (Lipinski definition) is 6. The Bertz CT molecular complexity index is 934. The van der Waals surface area contributed by atoms with Crippen molar-refractivity contribution in [3.8, 4) is 0 Å². The molecule has 1 aromatic carbocycles. The van der Waals surface area contributed by atoms with Crippen molar-refractivity contribution in [2.45, 2.75) is 32.7 Å². The molecule has 2 aromatic heterocycles. The SMILES string of the molecule is O=C(NCc1nnc2n1CCN(Cc1ccc(CO)o1)CC2)c1ccccc1. The van der Waals surface area contributed by atoms with Crippen molar-refractivity contribution in [3.05, 3.63) is 71.2 Å². The molecule has 3 aromatic rings.